The SMILES string of the molecule is O=c1cc(CN2CC(O)CO2)nc2sccn12. The van der Waals surface area contributed by atoms with E-state index in [1.807, 2.05) is 5.38 Å². The molecule has 0 radical (unpaired) electrons. The molecule has 1 fully saturated rings. The summed E-state index contributed by atoms with van der Waals surface area (Å²) in [6, 6.07) is 1.49. The number of nitrogens with zero attached hydrogens (tertiary/aromatic N) is 3. The van der Waals surface area contributed by atoms with Crippen LogP contribution in [0.1, 0.15) is 5.69 Å². The standard InChI is InChI=1S/C10H11N3O3S/c14-8-5-12(16-6-8)4-7-3-9(15)13-1-2-17-10(13)11-7/h1-3,8,14H,4-6H2. The zero-order valence-corrected chi connectivity index (χ0v) is 9.76. The summed E-state index contributed by atoms with van der Waals surface area (Å²) in [5, 5.41) is 12.8. The van der Waals surface area contributed by atoms with E-state index in [1.54, 1.807) is 11.3 Å². The molecule has 3 rings (SSSR count). The molecule has 0 bridgehead atoms. The van der Waals surface area contributed by atoms with Gasteiger partial charge in [0.05, 0.1) is 31.5 Å². The third-order valence-corrected chi connectivity index (χ3v) is 3.32. The molecule has 2 aromatic heterocycles. The molecule has 0 amide bonds. The molecule has 6 nitrogen and oxygen atoms in total. The molecular formula is C10H11N3O3S. The molecule has 1 aliphatic heterocycles. The molecule has 17 heavy (non-hydrogen) atoms. The number of β-amino-alcohol motifs (C(OH)–C–C–N with tert-alkyl or cyclic N) is 1. The summed E-state index contributed by atoms with van der Waals surface area (Å²) in [5.74, 6) is 0. The number of thiazole rings is 1. The van der Waals surface area contributed by atoms with Gasteiger partial charge in [-0.3, -0.25) is 14.0 Å². The van der Waals surface area contributed by atoms with Gasteiger partial charge >= 0.3 is 0 Å². The van der Waals surface area contributed by atoms with Gasteiger partial charge in [0.2, 0.25) is 0 Å². The first-order chi connectivity index (χ1) is 8.22. The first kappa shape index (κ1) is 10.8. The van der Waals surface area contributed by atoms with Gasteiger partial charge in [0.15, 0.2) is 4.96 Å². The maximum Gasteiger partial charge on any atom is 0.258 e. The number of hydroxylamine groups is 2. The molecule has 1 N–H and O–H groups in total. The summed E-state index contributed by atoms with van der Waals surface area (Å²) in [7, 11) is 0. The number of fused-ring (bicyclic) bond motifs is 1. The second-order valence-electron chi connectivity index (χ2n) is 3.91. The molecule has 3 heterocycles. The van der Waals surface area contributed by atoms with Gasteiger partial charge in [-0.25, -0.2) is 4.98 Å². The van der Waals surface area contributed by atoms with Gasteiger partial charge in [0.25, 0.3) is 5.56 Å². The predicted octanol–water partition coefficient (Wildman–Crippen LogP) is -0.136. The van der Waals surface area contributed by atoms with Crippen molar-refractivity contribution in [2.24, 2.45) is 0 Å². The van der Waals surface area contributed by atoms with Crippen molar-refractivity contribution in [1.29, 1.82) is 0 Å². The van der Waals surface area contributed by atoms with E-state index in [0.29, 0.717) is 30.4 Å². The number of rotatable bonds is 2. The quantitative estimate of drug-likeness (QED) is 0.807. The Morgan fingerprint density at radius 1 is 1.65 bits per heavy atom. The van der Waals surface area contributed by atoms with Gasteiger partial charge in [-0.15, -0.1) is 11.3 Å². The molecule has 2 aromatic rings. The minimum atomic E-state index is -0.457. The highest BCUT2D eigenvalue weighted by atomic mass is 32.1. The minimum absolute atomic E-state index is 0.0917. The van der Waals surface area contributed by atoms with E-state index in [0.717, 1.165) is 0 Å². The van der Waals surface area contributed by atoms with E-state index in [2.05, 4.69) is 4.98 Å². The Labute approximate surface area is 101 Å². The number of hydrogen-bond acceptors (Lipinski definition) is 6. The van der Waals surface area contributed by atoms with Crippen LogP contribution in [0, 0.1) is 0 Å². The summed E-state index contributed by atoms with van der Waals surface area (Å²) < 4.78 is 1.51. The van der Waals surface area contributed by atoms with Crippen LogP contribution in [-0.2, 0) is 11.4 Å². The van der Waals surface area contributed by atoms with E-state index in [1.165, 1.54) is 21.8 Å². The topological polar surface area (TPSA) is 67.1 Å². The Morgan fingerprint density at radius 2 is 2.53 bits per heavy atom. The largest absolute Gasteiger partial charge is 0.389 e. The van der Waals surface area contributed by atoms with Crippen molar-refractivity contribution in [2.75, 3.05) is 13.2 Å². The van der Waals surface area contributed by atoms with Crippen molar-refractivity contribution in [1.82, 2.24) is 14.4 Å². The lowest BCUT2D eigenvalue weighted by molar-refractivity contribution is -0.118. The van der Waals surface area contributed by atoms with Crippen molar-refractivity contribution in [3.63, 3.8) is 0 Å². The van der Waals surface area contributed by atoms with Gasteiger partial charge in [0, 0.05) is 17.6 Å². The van der Waals surface area contributed by atoms with Crippen LogP contribution in [0.3, 0.4) is 0 Å². The maximum absolute atomic E-state index is 11.7. The molecule has 1 aliphatic rings. The molecule has 7 heteroatoms. The molecule has 0 saturated carbocycles. The smallest absolute Gasteiger partial charge is 0.258 e. The minimum Gasteiger partial charge on any atom is -0.389 e. The number of hydrogen-bond donors (Lipinski definition) is 1. The fourth-order valence-electron chi connectivity index (χ4n) is 1.79. The molecule has 1 atom stereocenters. The van der Waals surface area contributed by atoms with Gasteiger partial charge in [-0.05, 0) is 0 Å². The second-order valence-corrected chi connectivity index (χ2v) is 4.79. The summed E-state index contributed by atoms with van der Waals surface area (Å²) in [6.45, 7) is 1.17. The average molecular weight is 253 g/mol. The van der Waals surface area contributed by atoms with Crippen molar-refractivity contribution < 1.29 is 9.94 Å². The van der Waals surface area contributed by atoms with Crippen molar-refractivity contribution in [3.05, 3.63) is 33.7 Å². The van der Waals surface area contributed by atoms with Gasteiger partial charge in [-0.2, -0.15) is 5.06 Å². The van der Waals surface area contributed by atoms with E-state index < -0.39 is 6.10 Å². The third-order valence-electron chi connectivity index (χ3n) is 2.56. The van der Waals surface area contributed by atoms with E-state index >= 15 is 0 Å². The van der Waals surface area contributed by atoms with Crippen LogP contribution < -0.4 is 5.56 Å². The Hall–Kier alpha value is -1.28. The maximum atomic E-state index is 11.7. The van der Waals surface area contributed by atoms with Crippen molar-refractivity contribution >= 4 is 16.3 Å². The Kier molecular flexibility index (Phi) is 2.67. The number of aliphatic hydroxyl groups excluding tert-OH is 1. The molecule has 1 saturated heterocycles. The van der Waals surface area contributed by atoms with Crippen molar-refractivity contribution in [3.8, 4) is 0 Å². The zero-order chi connectivity index (χ0) is 11.8. The molecule has 1 unspecified atom stereocenters. The fourth-order valence-corrected chi connectivity index (χ4v) is 2.53. The van der Waals surface area contributed by atoms with Gasteiger partial charge in [0.1, 0.15) is 0 Å². The highest BCUT2D eigenvalue weighted by molar-refractivity contribution is 7.15. The lowest BCUT2D eigenvalue weighted by Gasteiger charge is -2.12. The van der Waals surface area contributed by atoms with Crippen LogP contribution >= 0.6 is 11.3 Å². The highest BCUT2D eigenvalue weighted by Crippen LogP contribution is 2.11. The Balaban J connectivity index is 1.88. The summed E-state index contributed by atoms with van der Waals surface area (Å²) in [4.78, 5) is 22.0. The second kappa shape index (κ2) is 4.19. The number of aromatic nitrogens is 2. The van der Waals surface area contributed by atoms with Gasteiger partial charge < -0.3 is 5.11 Å². The van der Waals surface area contributed by atoms with Crippen LogP contribution in [-0.4, -0.2) is 38.8 Å². The van der Waals surface area contributed by atoms with Crippen molar-refractivity contribution in [2.45, 2.75) is 12.6 Å². The van der Waals surface area contributed by atoms with E-state index in [4.69, 9.17) is 4.84 Å². The molecular weight excluding hydrogens is 242 g/mol. The average Bonchev–Trinajstić information content (AvgIpc) is 2.87. The van der Waals surface area contributed by atoms with Crippen LogP contribution in [0.5, 0.6) is 0 Å². The van der Waals surface area contributed by atoms with E-state index in [9.17, 15) is 9.90 Å². The first-order valence-electron chi connectivity index (χ1n) is 5.24. The summed E-state index contributed by atoms with van der Waals surface area (Å²) >= 11 is 1.42. The molecule has 0 aliphatic carbocycles. The van der Waals surface area contributed by atoms with Crippen LogP contribution in [0.15, 0.2) is 22.4 Å². The van der Waals surface area contributed by atoms with E-state index in [-0.39, 0.29) is 5.56 Å². The fraction of sp³-hybridized carbons (Fsp3) is 0.400. The first-order valence-corrected chi connectivity index (χ1v) is 6.12. The van der Waals surface area contributed by atoms with Gasteiger partial charge in [-0.1, -0.05) is 0 Å². The molecule has 0 aromatic carbocycles. The normalized spacial score (nSPS) is 21.4. The van der Waals surface area contributed by atoms with Crippen LogP contribution in [0.2, 0.25) is 0 Å². The Morgan fingerprint density at radius 3 is 3.29 bits per heavy atom. The summed E-state index contributed by atoms with van der Waals surface area (Å²) in [5.41, 5.74) is 0.567. The van der Waals surface area contributed by atoms with Crippen LogP contribution in [0.25, 0.3) is 4.96 Å². The zero-order valence-electron chi connectivity index (χ0n) is 8.94. The highest BCUT2D eigenvalue weighted by Gasteiger charge is 2.22. The van der Waals surface area contributed by atoms with Crippen LogP contribution in [0.4, 0.5) is 0 Å². The molecule has 0 spiro atoms. The lowest BCUT2D eigenvalue weighted by Crippen LogP contribution is -2.23. The lowest BCUT2D eigenvalue weighted by atomic mass is 10.3. The summed E-state index contributed by atoms with van der Waals surface area (Å²) in [6.07, 6.45) is 1.25. The predicted molar refractivity (Wildman–Crippen MR) is 61.7 cm³/mol. The number of aliphatic hydroxyl groups is 1. The molecule has 90 valence electrons. The third kappa shape index (κ3) is 2.09. The monoisotopic (exact) mass is 253 g/mol. The Bertz CT molecular complexity index is 594.